The Bertz CT molecular complexity index is 1170. The average Bonchev–Trinajstić information content (AvgIpc) is 3.26. The van der Waals surface area contributed by atoms with Gasteiger partial charge in [0.15, 0.2) is 5.82 Å². The monoisotopic (exact) mass is 428 g/mol. The molecule has 0 amide bonds. The van der Waals surface area contributed by atoms with Crippen LogP contribution in [0.1, 0.15) is 24.6 Å². The number of aromatic nitrogens is 3. The average molecular weight is 428 g/mol. The van der Waals surface area contributed by atoms with E-state index in [4.69, 9.17) is 14.5 Å². The summed E-state index contributed by atoms with van der Waals surface area (Å²) >= 11 is 0. The topological polar surface area (TPSA) is 60.0 Å². The Morgan fingerprint density at radius 3 is 2.50 bits per heavy atom. The summed E-state index contributed by atoms with van der Waals surface area (Å²) in [4.78, 5) is 12.3. The summed E-state index contributed by atoms with van der Waals surface area (Å²) in [6, 6.07) is 21.2. The zero-order chi connectivity index (χ0) is 22.0. The summed E-state index contributed by atoms with van der Waals surface area (Å²) in [5.41, 5.74) is 4.34. The smallest absolute Gasteiger partial charge is 0.217 e. The fourth-order valence-corrected chi connectivity index (χ4v) is 3.98. The van der Waals surface area contributed by atoms with Gasteiger partial charge in [0.1, 0.15) is 5.82 Å². The predicted molar refractivity (Wildman–Crippen MR) is 119 cm³/mol. The molecule has 5 nitrogen and oxygen atoms in total. The fraction of sp³-hybridized carbons (Fsp3) is 0.231. The Balaban J connectivity index is 1.40. The molecule has 2 aromatic carbocycles. The second-order valence-electron chi connectivity index (χ2n) is 8.44. The first-order valence-electron chi connectivity index (χ1n) is 10.5. The van der Waals surface area contributed by atoms with E-state index in [1.165, 1.54) is 17.7 Å². The molecule has 1 fully saturated rings. The molecule has 6 heteroatoms. The van der Waals surface area contributed by atoms with Crippen molar-refractivity contribution in [2.75, 3.05) is 13.2 Å². The van der Waals surface area contributed by atoms with E-state index < -0.39 is 6.29 Å². The van der Waals surface area contributed by atoms with E-state index >= 15 is 0 Å². The number of pyridine rings is 1. The zero-order valence-corrected chi connectivity index (χ0v) is 17.7. The Labute approximate surface area is 186 Å². The lowest BCUT2D eigenvalue weighted by molar-refractivity contribution is -0.233. The van der Waals surface area contributed by atoms with Gasteiger partial charge in [-0.2, -0.15) is 0 Å². The highest BCUT2D eigenvalue weighted by Crippen LogP contribution is 2.36. The lowest BCUT2D eigenvalue weighted by atomic mass is 9.84. The van der Waals surface area contributed by atoms with E-state index in [1.54, 1.807) is 24.5 Å². The summed E-state index contributed by atoms with van der Waals surface area (Å²) < 4.78 is 25.7. The Hall–Kier alpha value is -3.35. The van der Waals surface area contributed by atoms with E-state index in [1.807, 2.05) is 30.3 Å². The molecule has 2 aromatic heterocycles. The number of hydrogen-bond acceptors (Lipinski definition) is 4. The molecule has 0 bridgehead atoms. The van der Waals surface area contributed by atoms with Crippen LogP contribution in [0.3, 0.4) is 0 Å². The third-order valence-electron chi connectivity index (χ3n) is 5.60. The molecule has 1 aliphatic rings. The number of benzene rings is 2. The lowest BCUT2D eigenvalue weighted by Gasteiger charge is -2.36. The van der Waals surface area contributed by atoms with Crippen LogP contribution in [-0.2, 0) is 15.9 Å². The summed E-state index contributed by atoms with van der Waals surface area (Å²) in [6.45, 7) is 3.25. The van der Waals surface area contributed by atoms with Crippen LogP contribution >= 0.6 is 0 Å². The van der Waals surface area contributed by atoms with E-state index in [0.717, 1.165) is 23.2 Å². The molecule has 3 heterocycles. The lowest BCUT2D eigenvalue weighted by Crippen LogP contribution is -2.38. The van der Waals surface area contributed by atoms with E-state index in [9.17, 15) is 4.39 Å². The third kappa shape index (κ3) is 4.33. The van der Waals surface area contributed by atoms with Crippen molar-refractivity contribution in [3.63, 3.8) is 0 Å². The molecule has 5 rings (SSSR count). The van der Waals surface area contributed by atoms with Crippen LogP contribution < -0.4 is 0 Å². The number of H-pyrrole nitrogens is 1. The molecule has 0 spiro atoms. The summed E-state index contributed by atoms with van der Waals surface area (Å²) in [6.07, 6.45) is 3.70. The maximum Gasteiger partial charge on any atom is 0.217 e. The molecule has 32 heavy (non-hydrogen) atoms. The second kappa shape index (κ2) is 8.65. The maximum atomic E-state index is 13.5. The summed E-state index contributed by atoms with van der Waals surface area (Å²) in [7, 11) is 0. The van der Waals surface area contributed by atoms with E-state index in [2.05, 4.69) is 29.0 Å². The number of rotatable bonds is 5. The van der Waals surface area contributed by atoms with Crippen molar-refractivity contribution in [2.24, 2.45) is 5.41 Å². The number of nitrogens with zero attached hydrogens (tertiary/aromatic N) is 2. The number of imidazole rings is 1. The molecule has 0 unspecified atom stereocenters. The normalized spacial score (nSPS) is 20.9. The van der Waals surface area contributed by atoms with E-state index in [0.29, 0.717) is 24.7 Å². The molecule has 1 aliphatic heterocycles. The van der Waals surface area contributed by atoms with Gasteiger partial charge >= 0.3 is 0 Å². The van der Waals surface area contributed by atoms with Gasteiger partial charge in [-0.25, -0.2) is 9.37 Å². The Morgan fingerprint density at radius 1 is 1.06 bits per heavy atom. The first-order chi connectivity index (χ1) is 15.6. The summed E-state index contributed by atoms with van der Waals surface area (Å²) in [5, 5.41) is 0. The molecule has 0 atom stereocenters. The molecule has 0 saturated carbocycles. The van der Waals surface area contributed by atoms with Gasteiger partial charge in [0.25, 0.3) is 0 Å². The van der Waals surface area contributed by atoms with Crippen molar-refractivity contribution >= 4 is 0 Å². The molecule has 0 aliphatic carbocycles. The molecular formula is C26H23FN3O2. The van der Waals surface area contributed by atoms with Gasteiger partial charge in [-0.3, -0.25) is 4.98 Å². The number of ether oxygens (including phenoxy) is 2. The minimum Gasteiger partial charge on any atom is -0.345 e. The van der Waals surface area contributed by atoms with Gasteiger partial charge in [-0.05, 0) is 54.4 Å². The van der Waals surface area contributed by atoms with Crippen LogP contribution in [-0.4, -0.2) is 28.2 Å². The molecule has 1 N–H and O–H groups in total. The molecular weight excluding hydrogens is 405 g/mol. The quantitative estimate of drug-likeness (QED) is 0.464. The third-order valence-corrected chi connectivity index (χ3v) is 5.60. The maximum absolute atomic E-state index is 13.5. The van der Waals surface area contributed by atoms with Crippen molar-refractivity contribution in [2.45, 2.75) is 19.6 Å². The first kappa shape index (κ1) is 20.5. The van der Waals surface area contributed by atoms with Gasteiger partial charge in [0.05, 0.1) is 24.6 Å². The number of hydrogen-bond donors (Lipinski definition) is 1. The van der Waals surface area contributed by atoms with Crippen LogP contribution in [0.2, 0.25) is 0 Å². The minimum atomic E-state index is -0.597. The second-order valence-corrected chi connectivity index (χ2v) is 8.44. The highest BCUT2D eigenvalue weighted by atomic mass is 19.1. The van der Waals surface area contributed by atoms with Crippen molar-refractivity contribution in [3.8, 4) is 22.5 Å². The number of nitrogens with one attached hydrogen (secondary N) is 1. The van der Waals surface area contributed by atoms with Crippen molar-refractivity contribution < 1.29 is 13.9 Å². The molecule has 161 valence electrons. The zero-order valence-electron chi connectivity index (χ0n) is 17.7. The minimum absolute atomic E-state index is 0.133. The van der Waals surface area contributed by atoms with Crippen LogP contribution in [0.4, 0.5) is 4.39 Å². The van der Waals surface area contributed by atoms with Crippen LogP contribution in [0.5, 0.6) is 0 Å². The highest BCUT2D eigenvalue weighted by Gasteiger charge is 2.35. The fourth-order valence-electron chi connectivity index (χ4n) is 3.98. The molecule has 1 radical (unpaired) electrons. The van der Waals surface area contributed by atoms with Crippen molar-refractivity contribution in [1.82, 2.24) is 15.0 Å². The van der Waals surface area contributed by atoms with Crippen LogP contribution in [0.25, 0.3) is 22.5 Å². The van der Waals surface area contributed by atoms with Crippen molar-refractivity contribution in [1.29, 1.82) is 0 Å². The Kier molecular flexibility index (Phi) is 5.55. The van der Waals surface area contributed by atoms with Gasteiger partial charge in [-0.1, -0.05) is 31.2 Å². The largest absolute Gasteiger partial charge is 0.345 e. The molecule has 4 aromatic rings. The van der Waals surface area contributed by atoms with Gasteiger partial charge in [0, 0.05) is 28.9 Å². The molecule has 1 saturated heterocycles. The van der Waals surface area contributed by atoms with Gasteiger partial charge in [-0.15, -0.1) is 0 Å². The van der Waals surface area contributed by atoms with Gasteiger partial charge < -0.3 is 14.5 Å². The first-order valence-corrected chi connectivity index (χ1v) is 10.5. The number of aromatic amines is 1. The SMILES string of the molecule is CC1(Cc2c[c]ccc2)COC(c2nc(-c3ccc(F)cc3)c(-c3ccncc3)[nH]2)OC1. The van der Waals surface area contributed by atoms with Crippen LogP contribution in [0, 0.1) is 17.3 Å². The number of halogens is 1. The predicted octanol–water partition coefficient (Wildman–Crippen LogP) is 5.37. The summed E-state index contributed by atoms with van der Waals surface area (Å²) in [5.74, 6) is 0.301. The van der Waals surface area contributed by atoms with E-state index in [-0.39, 0.29) is 11.2 Å². The van der Waals surface area contributed by atoms with Crippen molar-refractivity contribution in [3.05, 3.63) is 96.3 Å². The van der Waals surface area contributed by atoms with Crippen LogP contribution in [0.15, 0.2) is 73.1 Å². The highest BCUT2D eigenvalue weighted by molar-refractivity contribution is 5.78. The van der Waals surface area contributed by atoms with Gasteiger partial charge in [0.2, 0.25) is 6.29 Å². The Morgan fingerprint density at radius 2 is 1.81 bits per heavy atom. The standard InChI is InChI=1S/C26H23FN3O2/c1-26(15-18-5-3-2-4-6-18)16-31-25(32-17-26)24-29-22(19-7-9-21(27)10-8-19)23(30-24)20-11-13-28-14-12-20/h2-3,5-14,25H,15-17H2,1H3,(H,29,30).